The molecular weight excluding hydrogens is 220 g/mol. The van der Waals surface area contributed by atoms with Crippen LogP contribution < -0.4 is 5.73 Å². The van der Waals surface area contributed by atoms with Crippen LogP contribution in [0.5, 0.6) is 0 Å². The van der Waals surface area contributed by atoms with Crippen molar-refractivity contribution in [1.82, 2.24) is 0 Å². The van der Waals surface area contributed by atoms with Gasteiger partial charge in [0, 0.05) is 11.8 Å². The van der Waals surface area contributed by atoms with Gasteiger partial charge in [0.1, 0.15) is 11.6 Å². The third-order valence-corrected chi connectivity index (χ3v) is 3.56. The highest BCUT2D eigenvalue weighted by Gasteiger charge is 2.13. The van der Waals surface area contributed by atoms with E-state index in [1.165, 1.54) is 0 Å². The van der Waals surface area contributed by atoms with Crippen molar-refractivity contribution in [1.29, 1.82) is 0 Å². The summed E-state index contributed by atoms with van der Waals surface area (Å²) in [6.45, 7) is 1.85. The number of nitrogens with two attached hydrogens (primary N) is 1. The minimum absolute atomic E-state index is 0.112. The molecule has 1 rings (SSSR count). The normalized spacial score (nSPS) is 14.9. The van der Waals surface area contributed by atoms with E-state index in [9.17, 15) is 13.0 Å². The summed E-state index contributed by atoms with van der Waals surface area (Å²) < 4.78 is 37.6. The zero-order valence-corrected chi connectivity index (χ0v) is 9.19. The first-order valence-corrected chi connectivity index (χ1v) is 5.95. The highest BCUT2D eigenvalue weighted by Crippen LogP contribution is 2.14. The molecule has 0 saturated heterocycles. The lowest BCUT2D eigenvalue weighted by Crippen LogP contribution is -2.26. The summed E-state index contributed by atoms with van der Waals surface area (Å²) in [4.78, 5) is -0.112. The Balaban J connectivity index is 2.86. The summed E-state index contributed by atoms with van der Waals surface area (Å²) in [5.41, 5.74) is 5.59. The van der Waals surface area contributed by atoms with Crippen LogP contribution in [0.4, 0.5) is 8.78 Å². The molecule has 84 valence electrons. The van der Waals surface area contributed by atoms with E-state index >= 15 is 0 Å². The van der Waals surface area contributed by atoms with Crippen LogP contribution in [0.25, 0.3) is 0 Å². The smallest absolute Gasteiger partial charge is 0.139 e. The van der Waals surface area contributed by atoms with E-state index in [2.05, 4.69) is 0 Å². The van der Waals surface area contributed by atoms with Gasteiger partial charge in [0.2, 0.25) is 0 Å². The van der Waals surface area contributed by atoms with Crippen molar-refractivity contribution in [3.63, 3.8) is 0 Å². The van der Waals surface area contributed by atoms with Gasteiger partial charge in [0.25, 0.3) is 0 Å². The minimum Gasteiger partial charge on any atom is -0.327 e. The monoisotopic (exact) mass is 233 g/mol. The molecule has 0 aromatic heterocycles. The second-order valence-corrected chi connectivity index (χ2v) is 4.72. The van der Waals surface area contributed by atoms with Crippen LogP contribution in [0, 0.1) is 11.6 Å². The minimum atomic E-state index is -1.58. The fraction of sp³-hybridized carbons (Fsp3) is 0.400. The van der Waals surface area contributed by atoms with Crippen molar-refractivity contribution < 1.29 is 13.0 Å². The van der Waals surface area contributed by atoms with Gasteiger partial charge in [0.15, 0.2) is 0 Å². The van der Waals surface area contributed by atoms with Crippen molar-refractivity contribution in [2.45, 2.75) is 24.3 Å². The lowest BCUT2D eigenvalue weighted by molar-refractivity contribution is 0.570. The molecule has 2 nitrogen and oxygen atoms in total. The van der Waals surface area contributed by atoms with Crippen molar-refractivity contribution in [3.05, 3.63) is 29.8 Å². The van der Waals surface area contributed by atoms with Crippen LogP contribution in [0.1, 0.15) is 13.3 Å². The number of benzene rings is 1. The molecule has 0 aliphatic rings. The lowest BCUT2D eigenvalue weighted by Gasteiger charge is -2.08. The molecule has 0 aliphatic heterocycles. The van der Waals surface area contributed by atoms with Crippen LogP contribution in [-0.2, 0) is 10.8 Å². The molecule has 2 unspecified atom stereocenters. The van der Waals surface area contributed by atoms with Gasteiger partial charge in [-0.3, -0.25) is 4.21 Å². The summed E-state index contributed by atoms with van der Waals surface area (Å²) >= 11 is 0. The molecule has 0 aliphatic carbocycles. The van der Waals surface area contributed by atoms with Crippen LogP contribution in [0.15, 0.2) is 23.1 Å². The summed E-state index contributed by atoms with van der Waals surface area (Å²) in [5.74, 6) is -1.10. The summed E-state index contributed by atoms with van der Waals surface area (Å²) in [6, 6.07) is 2.66. The van der Waals surface area contributed by atoms with Gasteiger partial charge >= 0.3 is 0 Å². The van der Waals surface area contributed by atoms with Crippen LogP contribution in [-0.4, -0.2) is 16.0 Å². The Labute approximate surface area is 89.9 Å². The Bertz CT molecular complexity index is 370. The molecule has 1 aromatic carbocycles. The third kappa shape index (κ3) is 3.35. The molecule has 0 amide bonds. The van der Waals surface area contributed by atoms with Gasteiger partial charge in [-0.1, -0.05) is 6.92 Å². The van der Waals surface area contributed by atoms with E-state index < -0.39 is 22.4 Å². The Morgan fingerprint density at radius 1 is 1.47 bits per heavy atom. The Hall–Kier alpha value is -0.810. The Morgan fingerprint density at radius 3 is 2.73 bits per heavy atom. The molecule has 0 saturated carbocycles. The molecule has 1 aromatic rings. The molecule has 0 bridgehead atoms. The van der Waals surface area contributed by atoms with Crippen LogP contribution in [0.3, 0.4) is 0 Å². The number of halogens is 2. The second kappa shape index (κ2) is 5.32. The third-order valence-electron chi connectivity index (χ3n) is 2.03. The van der Waals surface area contributed by atoms with E-state index in [1.54, 1.807) is 0 Å². The van der Waals surface area contributed by atoms with Crippen molar-refractivity contribution in [2.24, 2.45) is 5.73 Å². The molecule has 0 spiro atoms. The molecule has 5 heteroatoms. The molecule has 2 atom stereocenters. The molecule has 2 N–H and O–H groups in total. The van der Waals surface area contributed by atoms with E-state index in [0.717, 1.165) is 18.2 Å². The first kappa shape index (κ1) is 12.3. The average Bonchev–Trinajstić information content (AvgIpc) is 2.21. The maximum atomic E-state index is 13.2. The van der Waals surface area contributed by atoms with Crippen molar-refractivity contribution >= 4 is 10.8 Å². The van der Waals surface area contributed by atoms with Crippen LogP contribution in [0.2, 0.25) is 0 Å². The highest BCUT2D eigenvalue weighted by atomic mass is 32.2. The van der Waals surface area contributed by atoms with Crippen LogP contribution >= 0.6 is 0 Å². The predicted octanol–water partition coefficient (Wildman–Crippen LogP) is 1.81. The second-order valence-electron chi connectivity index (χ2n) is 3.26. The first-order valence-electron chi connectivity index (χ1n) is 4.63. The Kier molecular flexibility index (Phi) is 4.35. The standard InChI is InChI=1S/C10H13F2NOS/c1-2-8(13)6-15(14)10-5-7(11)3-4-9(10)12/h3-5,8H,2,6,13H2,1H3. The lowest BCUT2D eigenvalue weighted by atomic mass is 10.3. The number of hydrogen-bond acceptors (Lipinski definition) is 2. The van der Waals surface area contributed by atoms with Gasteiger partial charge in [0.05, 0.1) is 15.7 Å². The SMILES string of the molecule is CCC(N)CS(=O)c1cc(F)ccc1F. The molecule has 0 fully saturated rings. The number of hydrogen-bond donors (Lipinski definition) is 1. The van der Waals surface area contributed by atoms with Crippen molar-refractivity contribution in [3.8, 4) is 0 Å². The van der Waals surface area contributed by atoms with Gasteiger partial charge in [-0.2, -0.15) is 0 Å². The predicted molar refractivity (Wildman–Crippen MR) is 55.9 cm³/mol. The maximum absolute atomic E-state index is 13.2. The summed E-state index contributed by atoms with van der Waals surface area (Å²) in [6.07, 6.45) is 0.655. The van der Waals surface area contributed by atoms with Gasteiger partial charge in [-0.25, -0.2) is 8.78 Å². The van der Waals surface area contributed by atoms with Gasteiger partial charge in [-0.15, -0.1) is 0 Å². The quantitative estimate of drug-likeness (QED) is 0.861. The first-order chi connectivity index (χ1) is 7.04. The summed E-state index contributed by atoms with van der Waals surface area (Å²) in [7, 11) is -1.58. The zero-order chi connectivity index (χ0) is 11.4. The topological polar surface area (TPSA) is 43.1 Å². The zero-order valence-electron chi connectivity index (χ0n) is 8.37. The maximum Gasteiger partial charge on any atom is 0.139 e. The van der Waals surface area contributed by atoms with E-state index in [-0.39, 0.29) is 16.7 Å². The fourth-order valence-corrected chi connectivity index (χ4v) is 2.39. The van der Waals surface area contributed by atoms with E-state index in [0.29, 0.717) is 6.42 Å². The molecule has 15 heavy (non-hydrogen) atoms. The number of rotatable bonds is 4. The van der Waals surface area contributed by atoms with Gasteiger partial charge < -0.3 is 5.73 Å². The highest BCUT2D eigenvalue weighted by molar-refractivity contribution is 7.85. The van der Waals surface area contributed by atoms with E-state index in [4.69, 9.17) is 5.73 Å². The van der Waals surface area contributed by atoms with Crippen molar-refractivity contribution in [2.75, 3.05) is 5.75 Å². The van der Waals surface area contributed by atoms with E-state index in [1.807, 2.05) is 6.92 Å². The average molecular weight is 233 g/mol. The molecular formula is C10H13F2NOS. The molecule has 0 radical (unpaired) electrons. The summed E-state index contributed by atoms with van der Waals surface area (Å²) in [5, 5.41) is 0. The van der Waals surface area contributed by atoms with Gasteiger partial charge in [-0.05, 0) is 24.6 Å². The fourth-order valence-electron chi connectivity index (χ4n) is 1.05. The molecule has 0 heterocycles. The Morgan fingerprint density at radius 2 is 2.13 bits per heavy atom. The largest absolute Gasteiger partial charge is 0.327 e.